The van der Waals surface area contributed by atoms with Crippen LogP contribution in [0, 0.1) is 5.92 Å². The molecule has 42 heavy (non-hydrogen) atoms. The molecule has 3 aromatic rings. The van der Waals surface area contributed by atoms with Gasteiger partial charge in [0.05, 0.1) is 0 Å². The Labute approximate surface area is 245 Å². The monoisotopic (exact) mass is 565 g/mol. The van der Waals surface area contributed by atoms with Crippen LogP contribution in [0.15, 0.2) is 109 Å². The Hall–Kier alpha value is -4.98. The van der Waals surface area contributed by atoms with Crippen LogP contribution in [0.3, 0.4) is 0 Å². The molecule has 0 saturated carbocycles. The predicted molar refractivity (Wildman–Crippen MR) is 161 cm³/mol. The molecule has 3 aromatic carbocycles. The third-order valence-corrected chi connectivity index (χ3v) is 6.86. The molecule has 216 valence electrons. The highest BCUT2D eigenvalue weighted by Gasteiger charge is 2.29. The summed E-state index contributed by atoms with van der Waals surface area (Å²) >= 11 is 0. The third kappa shape index (κ3) is 9.89. The molecule has 8 heteroatoms. The Kier molecular flexibility index (Phi) is 11.2. The van der Waals surface area contributed by atoms with Crippen molar-refractivity contribution >= 4 is 29.8 Å². The molecule has 1 fully saturated rings. The number of esters is 1. The van der Waals surface area contributed by atoms with Crippen LogP contribution in [0.1, 0.15) is 29.5 Å². The van der Waals surface area contributed by atoms with Gasteiger partial charge in [0.25, 0.3) is 0 Å². The zero-order valence-corrected chi connectivity index (χ0v) is 23.3. The van der Waals surface area contributed by atoms with E-state index in [4.69, 9.17) is 4.74 Å². The Balaban J connectivity index is 1.45. The molecule has 1 aliphatic rings. The van der Waals surface area contributed by atoms with E-state index in [-0.39, 0.29) is 24.9 Å². The van der Waals surface area contributed by atoms with Crippen molar-refractivity contribution in [2.75, 3.05) is 6.54 Å². The van der Waals surface area contributed by atoms with E-state index < -0.39 is 29.9 Å². The second kappa shape index (κ2) is 15.7. The maximum atomic E-state index is 13.6. The minimum Gasteiger partial charge on any atom is -0.458 e. The highest BCUT2D eigenvalue weighted by Crippen LogP contribution is 2.17. The lowest BCUT2D eigenvalue weighted by molar-refractivity contribution is -0.139. The standard InChI is InChI=1S/C34H35N3O5/c38-31(18-16-25-10-4-1-5-11-25)37-30(22-26-12-6-2-7-13-26)34(41)36-29(23-28-20-21-35-33(28)40)17-19-32(39)42-24-27-14-8-3-9-15-27/h1-19,28-30H,20-24H2,(H,35,40)(H,36,41)(H,37,38)/b18-16+,19-17+/t28-,29+,30-/m0/s1. The molecule has 0 aliphatic carbocycles. The molecule has 0 radical (unpaired) electrons. The van der Waals surface area contributed by atoms with Crippen molar-refractivity contribution in [3.05, 3.63) is 126 Å². The smallest absolute Gasteiger partial charge is 0.330 e. The first-order valence-corrected chi connectivity index (χ1v) is 14.0. The van der Waals surface area contributed by atoms with E-state index in [0.717, 1.165) is 16.7 Å². The quantitative estimate of drug-likeness (QED) is 0.216. The van der Waals surface area contributed by atoms with Gasteiger partial charge in [-0.1, -0.05) is 97.1 Å². The molecular weight excluding hydrogens is 530 g/mol. The fourth-order valence-corrected chi connectivity index (χ4v) is 4.63. The third-order valence-electron chi connectivity index (χ3n) is 6.86. The van der Waals surface area contributed by atoms with E-state index in [1.807, 2.05) is 91.0 Å². The van der Waals surface area contributed by atoms with Gasteiger partial charge in [-0.2, -0.15) is 0 Å². The van der Waals surface area contributed by atoms with Gasteiger partial charge in [-0.25, -0.2) is 4.79 Å². The average molecular weight is 566 g/mol. The number of amides is 3. The summed E-state index contributed by atoms with van der Waals surface area (Å²) in [5.41, 5.74) is 2.58. The normalized spacial score (nSPS) is 16.1. The molecule has 0 unspecified atom stereocenters. The molecular formula is C34H35N3O5. The number of ether oxygens (including phenoxy) is 1. The molecule has 8 nitrogen and oxygen atoms in total. The number of nitrogens with one attached hydrogen (secondary N) is 3. The number of hydrogen-bond acceptors (Lipinski definition) is 5. The largest absolute Gasteiger partial charge is 0.458 e. The molecule has 0 spiro atoms. The molecule has 3 amide bonds. The number of hydrogen-bond donors (Lipinski definition) is 3. The average Bonchev–Trinajstić information content (AvgIpc) is 3.42. The number of rotatable bonds is 13. The van der Waals surface area contributed by atoms with Gasteiger partial charge in [0.1, 0.15) is 12.6 Å². The first kappa shape index (κ1) is 30.0. The molecule has 1 aliphatic heterocycles. The zero-order chi connectivity index (χ0) is 29.6. The van der Waals surface area contributed by atoms with Crippen LogP contribution in [0.25, 0.3) is 6.08 Å². The summed E-state index contributed by atoms with van der Waals surface area (Å²) < 4.78 is 5.33. The van der Waals surface area contributed by atoms with Crippen LogP contribution in [-0.4, -0.2) is 42.3 Å². The maximum Gasteiger partial charge on any atom is 0.330 e. The van der Waals surface area contributed by atoms with Crippen molar-refractivity contribution < 1.29 is 23.9 Å². The highest BCUT2D eigenvalue weighted by atomic mass is 16.5. The van der Waals surface area contributed by atoms with Gasteiger partial charge >= 0.3 is 5.97 Å². The van der Waals surface area contributed by atoms with Crippen LogP contribution in [0.4, 0.5) is 0 Å². The molecule has 1 saturated heterocycles. The summed E-state index contributed by atoms with van der Waals surface area (Å²) in [5, 5.41) is 8.56. The summed E-state index contributed by atoms with van der Waals surface area (Å²) in [5.74, 6) is -1.80. The van der Waals surface area contributed by atoms with Gasteiger partial charge < -0.3 is 20.7 Å². The van der Waals surface area contributed by atoms with Crippen LogP contribution >= 0.6 is 0 Å². The SMILES string of the molecule is O=C(/C=C/c1ccccc1)N[C@@H](Cc1ccccc1)C(=O)N[C@H](/C=C/C(=O)OCc1ccccc1)C[C@@H]1CCNC1=O. The van der Waals surface area contributed by atoms with E-state index in [1.165, 1.54) is 12.2 Å². The van der Waals surface area contributed by atoms with Gasteiger partial charge in [-0.15, -0.1) is 0 Å². The van der Waals surface area contributed by atoms with Gasteiger partial charge in [-0.05, 0) is 35.6 Å². The van der Waals surface area contributed by atoms with Crippen molar-refractivity contribution in [3.8, 4) is 0 Å². The first-order chi connectivity index (χ1) is 20.5. The molecule has 0 bridgehead atoms. The van der Waals surface area contributed by atoms with Gasteiger partial charge in [-0.3, -0.25) is 14.4 Å². The highest BCUT2D eigenvalue weighted by molar-refractivity contribution is 5.95. The topological polar surface area (TPSA) is 114 Å². The lowest BCUT2D eigenvalue weighted by atomic mass is 9.97. The zero-order valence-electron chi connectivity index (χ0n) is 23.3. The second-order valence-corrected chi connectivity index (χ2v) is 10.1. The fraction of sp³-hybridized carbons (Fsp3) is 0.235. The van der Waals surface area contributed by atoms with Gasteiger partial charge in [0.2, 0.25) is 17.7 Å². The van der Waals surface area contributed by atoms with Crippen LogP contribution in [-0.2, 0) is 36.9 Å². The molecule has 3 atom stereocenters. The van der Waals surface area contributed by atoms with Crippen molar-refractivity contribution in [2.45, 2.75) is 38.0 Å². The van der Waals surface area contributed by atoms with Crippen molar-refractivity contribution in [1.29, 1.82) is 0 Å². The van der Waals surface area contributed by atoms with Crippen LogP contribution in [0.2, 0.25) is 0 Å². The summed E-state index contributed by atoms with van der Waals surface area (Å²) in [4.78, 5) is 51.2. The van der Waals surface area contributed by atoms with Crippen molar-refractivity contribution in [2.24, 2.45) is 5.92 Å². The maximum absolute atomic E-state index is 13.6. The second-order valence-electron chi connectivity index (χ2n) is 10.1. The fourth-order valence-electron chi connectivity index (χ4n) is 4.63. The molecule has 3 N–H and O–H groups in total. The van der Waals surface area contributed by atoms with Crippen molar-refractivity contribution in [1.82, 2.24) is 16.0 Å². The lowest BCUT2D eigenvalue weighted by Crippen LogP contribution is -2.50. The molecule has 1 heterocycles. The van der Waals surface area contributed by atoms with Crippen molar-refractivity contribution in [3.63, 3.8) is 0 Å². The summed E-state index contributed by atoms with van der Waals surface area (Å²) in [6.45, 7) is 0.682. The van der Waals surface area contributed by atoms with E-state index >= 15 is 0 Å². The van der Waals surface area contributed by atoms with E-state index in [9.17, 15) is 19.2 Å². The van der Waals surface area contributed by atoms with E-state index in [1.54, 1.807) is 12.2 Å². The Morgan fingerprint density at radius 2 is 1.50 bits per heavy atom. The van der Waals surface area contributed by atoms with E-state index in [0.29, 0.717) is 19.4 Å². The number of carbonyl (C=O) groups excluding carboxylic acids is 4. The van der Waals surface area contributed by atoms with Gasteiger partial charge in [0.15, 0.2) is 0 Å². The Morgan fingerprint density at radius 3 is 2.14 bits per heavy atom. The Bertz CT molecular complexity index is 1390. The lowest BCUT2D eigenvalue weighted by Gasteiger charge is -2.23. The summed E-state index contributed by atoms with van der Waals surface area (Å²) in [6.07, 6.45) is 7.09. The summed E-state index contributed by atoms with van der Waals surface area (Å²) in [6, 6.07) is 26.6. The number of carbonyl (C=O) groups is 4. The molecule has 0 aromatic heterocycles. The van der Waals surface area contributed by atoms with Crippen LogP contribution < -0.4 is 16.0 Å². The van der Waals surface area contributed by atoms with Crippen LogP contribution in [0.5, 0.6) is 0 Å². The predicted octanol–water partition coefficient (Wildman–Crippen LogP) is 3.74. The minimum absolute atomic E-state index is 0.0884. The first-order valence-electron chi connectivity index (χ1n) is 14.0. The molecule has 4 rings (SSSR count). The summed E-state index contributed by atoms with van der Waals surface area (Å²) in [7, 11) is 0. The number of benzene rings is 3. The van der Waals surface area contributed by atoms with Gasteiger partial charge in [0, 0.05) is 37.1 Å². The van der Waals surface area contributed by atoms with E-state index in [2.05, 4.69) is 16.0 Å². The Morgan fingerprint density at radius 1 is 0.857 bits per heavy atom. The minimum atomic E-state index is -0.890.